The molecule has 0 amide bonds. The van der Waals surface area contributed by atoms with Crippen molar-refractivity contribution >= 4 is 0 Å². The smallest absolute Gasteiger partial charge is 0.355 e. The van der Waals surface area contributed by atoms with Crippen LogP contribution >= 0.6 is 0 Å². The summed E-state index contributed by atoms with van der Waals surface area (Å²) < 4.78 is 55.4. The van der Waals surface area contributed by atoms with E-state index in [0.717, 1.165) is 12.8 Å². The summed E-state index contributed by atoms with van der Waals surface area (Å²) in [6, 6.07) is 17.1. The molecule has 2 aliphatic rings. The van der Waals surface area contributed by atoms with E-state index in [-0.39, 0.29) is 21.7 Å². The van der Waals surface area contributed by atoms with Crippen LogP contribution in [0.5, 0.6) is 0 Å². The third-order valence-electron chi connectivity index (χ3n) is 5.67. The monoisotopic (exact) mass is 590 g/mol. The molecule has 41 heavy (non-hydrogen) atoms. The van der Waals surface area contributed by atoms with Crippen molar-refractivity contribution in [1.82, 2.24) is 9.13 Å². The minimum absolute atomic E-state index is 0. The zero-order valence-corrected chi connectivity index (χ0v) is 24.1. The summed E-state index contributed by atoms with van der Waals surface area (Å²) in [7, 11) is 0. The molecule has 2 aromatic carbocycles. The molecule has 0 saturated carbocycles. The van der Waals surface area contributed by atoms with Crippen LogP contribution in [0.15, 0.2) is 110 Å². The van der Waals surface area contributed by atoms with Crippen molar-refractivity contribution in [2.45, 2.75) is 38.8 Å². The molecule has 2 heterocycles. The van der Waals surface area contributed by atoms with Crippen LogP contribution in [0.25, 0.3) is 0 Å². The van der Waals surface area contributed by atoms with Gasteiger partial charge in [0.15, 0.2) is 0 Å². The van der Waals surface area contributed by atoms with Crippen LogP contribution in [0.3, 0.4) is 0 Å². The average Bonchev–Trinajstić information content (AvgIpc) is 3.79. The van der Waals surface area contributed by atoms with Crippen LogP contribution in [-0.2, 0) is 47.6 Å². The van der Waals surface area contributed by atoms with E-state index in [0.29, 0.717) is 37.1 Å². The van der Waals surface area contributed by atoms with Crippen LogP contribution in [0.4, 0.5) is 17.6 Å². The first-order chi connectivity index (χ1) is 19.5. The van der Waals surface area contributed by atoms with Gasteiger partial charge in [-0.3, -0.25) is 12.2 Å². The van der Waals surface area contributed by atoms with Gasteiger partial charge in [-0.1, -0.05) is 12.8 Å². The quantitative estimate of drug-likeness (QED) is 0.122. The van der Waals surface area contributed by atoms with Gasteiger partial charge >= 0.3 is 21.7 Å². The molecule has 7 heteroatoms. The second kappa shape index (κ2) is 19.5. The molecule has 0 saturated heterocycles. The molecule has 208 valence electrons. The predicted molar refractivity (Wildman–Crippen MR) is 150 cm³/mol. The van der Waals surface area contributed by atoms with E-state index < -0.39 is 23.3 Å². The summed E-state index contributed by atoms with van der Waals surface area (Å²) in [6.07, 6.45) is 28.7. The first-order valence-corrected chi connectivity index (χ1v) is 12.9. The van der Waals surface area contributed by atoms with E-state index in [2.05, 4.69) is 24.3 Å². The van der Waals surface area contributed by atoms with Crippen molar-refractivity contribution in [3.63, 3.8) is 0 Å². The Balaban J connectivity index is 0.000000211. The van der Waals surface area contributed by atoms with Crippen molar-refractivity contribution in [1.29, 1.82) is 0 Å². The van der Waals surface area contributed by atoms with Gasteiger partial charge in [-0.05, 0) is 24.3 Å². The molecule has 0 spiro atoms. The van der Waals surface area contributed by atoms with Gasteiger partial charge in [0.2, 0.25) is 0 Å². The fourth-order valence-corrected chi connectivity index (χ4v) is 3.55. The van der Waals surface area contributed by atoms with Gasteiger partial charge in [-0.25, -0.2) is 41.9 Å². The third kappa shape index (κ3) is 13.5. The maximum atomic E-state index is 13.2. The van der Waals surface area contributed by atoms with Crippen molar-refractivity contribution in [2.75, 3.05) is 0 Å². The van der Waals surface area contributed by atoms with Crippen molar-refractivity contribution in [3.8, 4) is 0 Å². The summed E-state index contributed by atoms with van der Waals surface area (Å²) in [6.45, 7) is 1.37. The zero-order chi connectivity index (χ0) is 28.4. The summed E-state index contributed by atoms with van der Waals surface area (Å²) >= 11 is 0. The molecule has 4 aromatic rings. The molecule has 0 fully saturated rings. The molecule has 2 nitrogen and oxygen atoms in total. The summed E-state index contributed by atoms with van der Waals surface area (Å²) in [5.41, 5.74) is 0.982. The molecule has 0 unspecified atom stereocenters. The van der Waals surface area contributed by atoms with Gasteiger partial charge in [0, 0.05) is 61.1 Å². The Morgan fingerprint density at radius 3 is 1.24 bits per heavy atom. The van der Waals surface area contributed by atoms with E-state index in [1.165, 1.54) is 24.3 Å². The molecule has 2 aliphatic carbocycles. The van der Waals surface area contributed by atoms with Crippen LogP contribution in [0.1, 0.15) is 24.0 Å². The SMILES string of the molecule is Fc1[c-]c(F)c(CCn2cccc2)cc1.Fc1[c-]c(F)c(CCn2cccc2)cc1.[C-]1=CC=CC1.[C-]1=CC=CC1.[Ti+4]. The third-order valence-corrected chi connectivity index (χ3v) is 5.67. The minimum atomic E-state index is -0.655. The van der Waals surface area contributed by atoms with Gasteiger partial charge in [0.25, 0.3) is 0 Å². The minimum Gasteiger partial charge on any atom is -0.355 e. The van der Waals surface area contributed by atoms with Crippen LogP contribution < -0.4 is 0 Å². The second-order valence-corrected chi connectivity index (χ2v) is 8.64. The summed E-state index contributed by atoms with van der Waals surface area (Å²) in [5, 5.41) is 0. The maximum absolute atomic E-state index is 13.2. The first-order valence-electron chi connectivity index (χ1n) is 12.9. The van der Waals surface area contributed by atoms with Crippen LogP contribution in [-0.4, -0.2) is 9.13 Å². The number of halogens is 4. The van der Waals surface area contributed by atoms with Gasteiger partial charge in [-0.2, -0.15) is 24.3 Å². The van der Waals surface area contributed by atoms with Crippen molar-refractivity contribution in [2.24, 2.45) is 0 Å². The average molecular weight is 590 g/mol. The van der Waals surface area contributed by atoms with E-state index in [4.69, 9.17) is 0 Å². The van der Waals surface area contributed by atoms with Crippen LogP contribution in [0.2, 0.25) is 0 Å². The fourth-order valence-electron chi connectivity index (χ4n) is 3.55. The number of hydrogen-bond acceptors (Lipinski definition) is 0. The second-order valence-electron chi connectivity index (χ2n) is 8.64. The number of rotatable bonds is 6. The van der Waals surface area contributed by atoms with Crippen molar-refractivity contribution in [3.05, 3.63) is 168 Å². The predicted octanol–water partition coefficient (Wildman–Crippen LogP) is 8.23. The number of nitrogens with zero attached hydrogens (tertiary/aromatic N) is 2. The largest absolute Gasteiger partial charge is 4.00 e. The molecule has 2 aromatic heterocycles. The number of aromatic nitrogens is 2. The number of hydrogen-bond donors (Lipinski definition) is 0. The topological polar surface area (TPSA) is 9.86 Å². The molecule has 0 N–H and O–H groups in total. The Morgan fingerprint density at radius 2 is 0.976 bits per heavy atom. The summed E-state index contributed by atoms with van der Waals surface area (Å²) in [4.78, 5) is 0. The molecular weight excluding hydrogens is 560 g/mol. The Morgan fingerprint density at radius 1 is 0.585 bits per heavy atom. The molecule has 0 aliphatic heterocycles. The zero-order valence-electron chi connectivity index (χ0n) is 22.5. The molecular formula is C34H30F4N2Ti. The summed E-state index contributed by atoms with van der Waals surface area (Å²) in [5.74, 6) is -2.50. The van der Waals surface area contributed by atoms with E-state index in [1.807, 2.05) is 94.6 Å². The Hall–Kier alpha value is -3.61. The number of aryl methyl sites for hydroxylation is 4. The normalized spacial score (nSPS) is 12.0. The van der Waals surface area contributed by atoms with Gasteiger partial charge in [-0.15, -0.1) is 48.2 Å². The Bertz CT molecular complexity index is 1260. The van der Waals surface area contributed by atoms with E-state index >= 15 is 0 Å². The fraction of sp³-hybridized carbons (Fsp3) is 0.176. The Labute approximate surface area is 254 Å². The van der Waals surface area contributed by atoms with Crippen LogP contribution in [0, 0.1) is 47.6 Å². The molecule has 0 atom stereocenters. The van der Waals surface area contributed by atoms with Gasteiger partial charge < -0.3 is 9.13 Å². The number of benzene rings is 2. The first kappa shape index (κ1) is 33.6. The maximum Gasteiger partial charge on any atom is 4.00 e. The van der Waals surface area contributed by atoms with E-state index in [1.54, 1.807) is 0 Å². The molecule has 6 rings (SSSR count). The van der Waals surface area contributed by atoms with Crippen molar-refractivity contribution < 1.29 is 39.3 Å². The molecule has 0 bridgehead atoms. The van der Waals surface area contributed by atoms with E-state index in [9.17, 15) is 17.6 Å². The number of allylic oxidation sites excluding steroid dienone is 8. The molecule has 0 radical (unpaired) electrons. The van der Waals surface area contributed by atoms with Gasteiger partial charge in [0.1, 0.15) is 0 Å². The van der Waals surface area contributed by atoms with Gasteiger partial charge in [0.05, 0.1) is 0 Å². The standard InChI is InChI=1S/2C12H10F2N.2C5H5.Ti/c2*13-11-4-3-10(12(14)9-11)5-8-15-6-1-2-7-15;2*1-2-4-5-3-1;/h2*1-4,6-7H,5,8H2;2*1-3H,4H2;/q4*-1;+4. The Kier molecular flexibility index (Phi) is 16.0.